The molecule has 1 saturated heterocycles. The molecule has 2 aromatic carbocycles. The number of sulfonamides is 1. The zero-order valence-electron chi connectivity index (χ0n) is 15.9. The third kappa shape index (κ3) is 4.22. The molecule has 1 fully saturated rings. The quantitative estimate of drug-likeness (QED) is 0.735. The first-order valence-corrected chi connectivity index (χ1v) is 11.5. The molecule has 0 bridgehead atoms. The van der Waals surface area contributed by atoms with Crippen molar-refractivity contribution in [1.82, 2.24) is 9.80 Å². The van der Waals surface area contributed by atoms with Gasteiger partial charge in [0.2, 0.25) is 5.91 Å². The summed E-state index contributed by atoms with van der Waals surface area (Å²) in [5.74, 6) is 0.449. The van der Waals surface area contributed by atoms with E-state index in [1.165, 1.54) is 0 Å². The van der Waals surface area contributed by atoms with Gasteiger partial charge in [-0.15, -0.1) is 4.40 Å². The van der Waals surface area contributed by atoms with Gasteiger partial charge in [-0.1, -0.05) is 28.1 Å². The van der Waals surface area contributed by atoms with Gasteiger partial charge in [0.15, 0.2) is 5.84 Å². The first-order chi connectivity index (χ1) is 13.8. The van der Waals surface area contributed by atoms with E-state index in [0.717, 1.165) is 15.7 Å². The van der Waals surface area contributed by atoms with Gasteiger partial charge in [-0.05, 0) is 42.8 Å². The number of aryl methyl sites for hydroxylation is 1. The van der Waals surface area contributed by atoms with Gasteiger partial charge in [0.05, 0.1) is 6.54 Å². The molecule has 0 unspecified atom stereocenters. The van der Waals surface area contributed by atoms with Crippen molar-refractivity contribution in [2.45, 2.75) is 11.8 Å². The number of amidine groups is 1. The molecular formula is C20H21BrN4O3S. The number of nitrogens with zero attached hydrogens (tertiary/aromatic N) is 3. The summed E-state index contributed by atoms with van der Waals surface area (Å²) in [5, 5.41) is 2.96. The summed E-state index contributed by atoms with van der Waals surface area (Å²) in [6.45, 7) is 4.81. The van der Waals surface area contributed by atoms with E-state index >= 15 is 0 Å². The lowest BCUT2D eigenvalue weighted by molar-refractivity contribution is -0.117. The van der Waals surface area contributed by atoms with Crippen molar-refractivity contribution in [3.63, 3.8) is 0 Å². The zero-order chi connectivity index (χ0) is 20.6. The van der Waals surface area contributed by atoms with Crippen molar-refractivity contribution >= 4 is 43.4 Å². The molecule has 0 radical (unpaired) electrons. The van der Waals surface area contributed by atoms with E-state index in [0.29, 0.717) is 44.1 Å². The second-order valence-electron chi connectivity index (χ2n) is 7.16. The Kier molecular flexibility index (Phi) is 5.46. The standard InChI is InChI=1S/C20H21BrN4O3S/c1-14-12-15(21)6-7-17(14)22-19(26)13-24-8-10-25(11-9-24)20-16-4-2-3-5-18(16)29(27,28)23-20/h2-7,12H,8-11,13H2,1H3,(H,22,26). The van der Waals surface area contributed by atoms with E-state index in [9.17, 15) is 13.2 Å². The molecule has 0 aromatic heterocycles. The minimum atomic E-state index is -3.61. The Morgan fingerprint density at radius 3 is 2.59 bits per heavy atom. The van der Waals surface area contributed by atoms with Crippen LogP contribution in [0.25, 0.3) is 0 Å². The van der Waals surface area contributed by atoms with E-state index < -0.39 is 10.0 Å². The molecule has 9 heteroatoms. The summed E-state index contributed by atoms with van der Waals surface area (Å²) < 4.78 is 29.5. The number of hydrogen-bond donors (Lipinski definition) is 1. The van der Waals surface area contributed by atoms with Gasteiger partial charge in [0.1, 0.15) is 4.90 Å². The van der Waals surface area contributed by atoms with Crippen LogP contribution < -0.4 is 5.32 Å². The van der Waals surface area contributed by atoms with Crippen molar-refractivity contribution < 1.29 is 13.2 Å². The number of hydrogen-bond acceptors (Lipinski definition) is 5. The molecule has 152 valence electrons. The van der Waals surface area contributed by atoms with Crippen LogP contribution in [0.2, 0.25) is 0 Å². The molecule has 0 aliphatic carbocycles. The second kappa shape index (κ2) is 7.89. The predicted octanol–water partition coefficient (Wildman–Crippen LogP) is 2.46. The largest absolute Gasteiger partial charge is 0.353 e. The highest BCUT2D eigenvalue weighted by molar-refractivity contribution is 9.10. The van der Waals surface area contributed by atoms with E-state index in [2.05, 4.69) is 30.5 Å². The number of halogens is 1. The Morgan fingerprint density at radius 2 is 1.86 bits per heavy atom. The zero-order valence-corrected chi connectivity index (χ0v) is 18.3. The van der Waals surface area contributed by atoms with Crippen LogP contribution in [0.1, 0.15) is 11.1 Å². The van der Waals surface area contributed by atoms with Crippen LogP contribution in [0.15, 0.2) is 56.2 Å². The maximum absolute atomic E-state index is 12.4. The minimum absolute atomic E-state index is 0.0602. The number of amides is 1. The molecule has 2 aliphatic rings. The molecule has 1 N–H and O–H groups in total. The average molecular weight is 477 g/mol. The number of piperazine rings is 1. The van der Waals surface area contributed by atoms with E-state index in [4.69, 9.17) is 0 Å². The summed E-state index contributed by atoms with van der Waals surface area (Å²) in [4.78, 5) is 16.7. The number of carbonyl (C=O) groups is 1. The summed E-state index contributed by atoms with van der Waals surface area (Å²) in [7, 11) is -3.61. The molecule has 0 saturated carbocycles. The Bertz CT molecular complexity index is 1090. The summed E-state index contributed by atoms with van der Waals surface area (Å²) in [6.07, 6.45) is 0. The van der Waals surface area contributed by atoms with Gasteiger partial charge in [-0.25, -0.2) is 0 Å². The Labute approximate surface area is 178 Å². The lowest BCUT2D eigenvalue weighted by Gasteiger charge is -2.35. The minimum Gasteiger partial charge on any atom is -0.353 e. The van der Waals surface area contributed by atoms with Gasteiger partial charge in [0, 0.05) is 41.9 Å². The molecule has 29 heavy (non-hydrogen) atoms. The van der Waals surface area contributed by atoms with Crippen molar-refractivity contribution in [2.24, 2.45) is 4.40 Å². The van der Waals surface area contributed by atoms with Crippen molar-refractivity contribution in [3.8, 4) is 0 Å². The van der Waals surface area contributed by atoms with Crippen LogP contribution in [0.4, 0.5) is 5.69 Å². The first kappa shape index (κ1) is 20.1. The topological polar surface area (TPSA) is 82.1 Å². The van der Waals surface area contributed by atoms with Crippen LogP contribution in [-0.2, 0) is 14.8 Å². The highest BCUT2D eigenvalue weighted by atomic mass is 79.9. The maximum Gasteiger partial charge on any atom is 0.285 e. The number of benzene rings is 2. The average Bonchev–Trinajstić information content (AvgIpc) is 2.96. The first-order valence-electron chi connectivity index (χ1n) is 9.31. The smallest absolute Gasteiger partial charge is 0.285 e. The van der Waals surface area contributed by atoms with Crippen LogP contribution in [0.3, 0.4) is 0 Å². The monoisotopic (exact) mass is 476 g/mol. The third-order valence-electron chi connectivity index (χ3n) is 5.11. The van der Waals surface area contributed by atoms with Crippen LogP contribution >= 0.6 is 15.9 Å². The molecular weight excluding hydrogens is 456 g/mol. The molecule has 4 rings (SSSR count). The van der Waals surface area contributed by atoms with Gasteiger partial charge in [-0.2, -0.15) is 8.42 Å². The van der Waals surface area contributed by atoms with Gasteiger partial charge < -0.3 is 10.2 Å². The SMILES string of the molecule is Cc1cc(Br)ccc1NC(=O)CN1CCN(C2=NS(=O)(=O)c3ccccc32)CC1. The molecule has 2 aliphatic heterocycles. The summed E-state index contributed by atoms with van der Waals surface area (Å²) in [5.41, 5.74) is 2.46. The molecule has 7 nitrogen and oxygen atoms in total. The van der Waals surface area contributed by atoms with Crippen molar-refractivity contribution in [3.05, 3.63) is 58.1 Å². The van der Waals surface area contributed by atoms with Crippen LogP contribution in [0.5, 0.6) is 0 Å². The number of carbonyl (C=O) groups excluding carboxylic acids is 1. The second-order valence-corrected chi connectivity index (χ2v) is 9.64. The maximum atomic E-state index is 12.4. The van der Waals surface area contributed by atoms with Gasteiger partial charge >= 0.3 is 0 Å². The highest BCUT2D eigenvalue weighted by Crippen LogP contribution is 2.28. The third-order valence-corrected chi connectivity index (χ3v) is 6.93. The van der Waals surface area contributed by atoms with E-state index in [1.54, 1.807) is 18.2 Å². The van der Waals surface area contributed by atoms with E-state index in [1.807, 2.05) is 36.1 Å². The normalized spacial score (nSPS) is 18.3. The van der Waals surface area contributed by atoms with E-state index in [-0.39, 0.29) is 10.8 Å². The lowest BCUT2D eigenvalue weighted by atomic mass is 10.1. The van der Waals surface area contributed by atoms with Crippen molar-refractivity contribution in [2.75, 3.05) is 38.0 Å². The van der Waals surface area contributed by atoms with Gasteiger partial charge in [0.25, 0.3) is 10.0 Å². The molecule has 0 atom stereocenters. The molecule has 2 heterocycles. The molecule has 0 spiro atoms. The summed E-state index contributed by atoms with van der Waals surface area (Å²) >= 11 is 3.42. The predicted molar refractivity (Wildman–Crippen MR) is 116 cm³/mol. The number of fused-ring (bicyclic) bond motifs is 1. The Balaban J connectivity index is 1.36. The lowest BCUT2D eigenvalue weighted by Crippen LogP contribution is -2.50. The fourth-order valence-electron chi connectivity index (χ4n) is 3.59. The Hall–Kier alpha value is -2.23. The van der Waals surface area contributed by atoms with Crippen LogP contribution in [-0.4, -0.2) is 62.7 Å². The number of anilines is 1. The molecule has 1 amide bonds. The highest BCUT2D eigenvalue weighted by Gasteiger charge is 2.33. The number of rotatable bonds is 3. The summed E-state index contributed by atoms with van der Waals surface area (Å²) in [6, 6.07) is 12.6. The fourth-order valence-corrected chi connectivity index (χ4v) is 5.30. The van der Waals surface area contributed by atoms with Crippen LogP contribution in [0, 0.1) is 6.92 Å². The fraction of sp³-hybridized carbons (Fsp3) is 0.300. The van der Waals surface area contributed by atoms with Gasteiger partial charge in [-0.3, -0.25) is 9.69 Å². The van der Waals surface area contributed by atoms with Crippen molar-refractivity contribution in [1.29, 1.82) is 0 Å². The molecule has 2 aromatic rings. The Morgan fingerprint density at radius 1 is 1.14 bits per heavy atom. The number of nitrogens with one attached hydrogen (secondary N) is 1.